The highest BCUT2D eigenvalue weighted by Gasteiger charge is 2.29. The molecule has 0 atom stereocenters. The standard InChI is InChI=1S/C10H12ClN3O3/c1-17-8-2-6(3-8)13-10-9(11)4-7(5-12-10)14(15)16/h4-6,8H,2-3H2,1H3,(H,12,13). The van der Waals surface area contributed by atoms with Gasteiger partial charge in [-0.1, -0.05) is 11.6 Å². The molecule has 0 radical (unpaired) electrons. The van der Waals surface area contributed by atoms with Crippen molar-refractivity contribution in [2.75, 3.05) is 12.4 Å². The molecule has 0 saturated heterocycles. The first-order valence-corrected chi connectivity index (χ1v) is 5.57. The maximum absolute atomic E-state index is 10.5. The van der Waals surface area contributed by atoms with E-state index in [9.17, 15) is 10.1 Å². The molecule has 0 unspecified atom stereocenters. The van der Waals surface area contributed by atoms with E-state index in [1.54, 1.807) is 7.11 Å². The van der Waals surface area contributed by atoms with Crippen molar-refractivity contribution in [3.05, 3.63) is 27.4 Å². The van der Waals surface area contributed by atoms with Crippen LogP contribution in [-0.4, -0.2) is 29.2 Å². The second-order valence-electron chi connectivity index (χ2n) is 3.95. The number of nitrogens with one attached hydrogen (secondary N) is 1. The van der Waals surface area contributed by atoms with Gasteiger partial charge in [-0.2, -0.15) is 0 Å². The molecule has 0 amide bonds. The summed E-state index contributed by atoms with van der Waals surface area (Å²) in [6.07, 6.45) is 3.27. The minimum absolute atomic E-state index is 0.107. The van der Waals surface area contributed by atoms with Crippen LogP contribution in [0.3, 0.4) is 0 Å². The molecule has 17 heavy (non-hydrogen) atoms. The largest absolute Gasteiger partial charge is 0.381 e. The Hall–Kier alpha value is -1.40. The fraction of sp³-hybridized carbons (Fsp3) is 0.500. The van der Waals surface area contributed by atoms with Crippen LogP contribution in [0.1, 0.15) is 12.8 Å². The van der Waals surface area contributed by atoms with E-state index in [1.165, 1.54) is 12.3 Å². The lowest BCUT2D eigenvalue weighted by atomic mass is 9.89. The number of aromatic nitrogens is 1. The van der Waals surface area contributed by atoms with Gasteiger partial charge >= 0.3 is 0 Å². The molecule has 0 aliphatic heterocycles. The summed E-state index contributed by atoms with van der Waals surface area (Å²) >= 11 is 5.91. The van der Waals surface area contributed by atoms with Crippen LogP contribution in [0.25, 0.3) is 0 Å². The molecule has 0 aromatic carbocycles. The lowest BCUT2D eigenvalue weighted by molar-refractivity contribution is -0.385. The van der Waals surface area contributed by atoms with E-state index in [4.69, 9.17) is 16.3 Å². The number of ether oxygens (including phenoxy) is 1. The Morgan fingerprint density at radius 2 is 2.35 bits per heavy atom. The normalized spacial score (nSPS) is 22.9. The van der Waals surface area contributed by atoms with E-state index in [1.807, 2.05) is 0 Å². The van der Waals surface area contributed by atoms with Gasteiger partial charge in [-0.3, -0.25) is 10.1 Å². The monoisotopic (exact) mass is 257 g/mol. The van der Waals surface area contributed by atoms with E-state index in [-0.39, 0.29) is 22.9 Å². The van der Waals surface area contributed by atoms with Gasteiger partial charge < -0.3 is 10.1 Å². The molecule has 1 aromatic rings. The smallest absolute Gasteiger partial charge is 0.289 e. The molecular weight excluding hydrogens is 246 g/mol. The van der Waals surface area contributed by atoms with Gasteiger partial charge in [0.1, 0.15) is 12.0 Å². The minimum atomic E-state index is -0.521. The molecule has 1 aliphatic carbocycles. The molecule has 7 heteroatoms. The zero-order chi connectivity index (χ0) is 12.4. The van der Waals surface area contributed by atoms with Gasteiger partial charge in [-0.05, 0) is 12.8 Å². The number of anilines is 1. The molecule has 0 spiro atoms. The van der Waals surface area contributed by atoms with Crippen molar-refractivity contribution in [2.45, 2.75) is 25.0 Å². The van der Waals surface area contributed by atoms with Crippen molar-refractivity contribution < 1.29 is 9.66 Å². The van der Waals surface area contributed by atoms with Crippen LogP contribution in [0.15, 0.2) is 12.3 Å². The van der Waals surface area contributed by atoms with E-state index in [0.29, 0.717) is 5.82 Å². The second-order valence-corrected chi connectivity index (χ2v) is 4.36. The Morgan fingerprint density at radius 3 is 2.88 bits per heavy atom. The Morgan fingerprint density at radius 1 is 1.65 bits per heavy atom. The number of hydrogen-bond donors (Lipinski definition) is 1. The number of nitro groups is 1. The summed E-state index contributed by atoms with van der Waals surface area (Å²) in [5.74, 6) is 0.483. The predicted octanol–water partition coefficient (Wildman–Crippen LogP) is 2.23. The summed E-state index contributed by atoms with van der Waals surface area (Å²) in [6.45, 7) is 0. The molecule has 1 heterocycles. The third kappa shape index (κ3) is 2.65. The zero-order valence-electron chi connectivity index (χ0n) is 9.22. The molecular formula is C10H12ClN3O3. The summed E-state index contributed by atoms with van der Waals surface area (Å²) in [5, 5.41) is 13.9. The first-order chi connectivity index (χ1) is 8.10. The minimum Gasteiger partial charge on any atom is -0.381 e. The van der Waals surface area contributed by atoms with Crippen LogP contribution < -0.4 is 5.32 Å². The van der Waals surface area contributed by atoms with E-state index >= 15 is 0 Å². The maximum Gasteiger partial charge on any atom is 0.289 e. The van der Waals surface area contributed by atoms with Crippen molar-refractivity contribution in [3.8, 4) is 0 Å². The van der Waals surface area contributed by atoms with E-state index < -0.39 is 4.92 Å². The van der Waals surface area contributed by atoms with Gasteiger partial charge in [0.25, 0.3) is 5.69 Å². The molecule has 1 fully saturated rings. The summed E-state index contributed by atoms with van der Waals surface area (Å²) < 4.78 is 5.15. The second kappa shape index (κ2) is 4.85. The summed E-state index contributed by atoms with van der Waals surface area (Å²) in [6, 6.07) is 1.56. The Bertz CT molecular complexity index is 435. The molecule has 1 saturated carbocycles. The van der Waals surface area contributed by atoms with E-state index in [0.717, 1.165) is 12.8 Å². The maximum atomic E-state index is 10.5. The van der Waals surface area contributed by atoms with Crippen LogP contribution in [0.2, 0.25) is 5.02 Å². The van der Waals surface area contributed by atoms with Crippen LogP contribution >= 0.6 is 11.6 Å². The lowest BCUT2D eigenvalue weighted by Gasteiger charge is -2.35. The topological polar surface area (TPSA) is 77.3 Å². The van der Waals surface area contributed by atoms with Crippen LogP contribution in [0, 0.1) is 10.1 Å². The average molecular weight is 258 g/mol. The van der Waals surface area contributed by atoms with Crippen molar-refractivity contribution >= 4 is 23.1 Å². The first kappa shape index (κ1) is 12.1. The molecule has 92 valence electrons. The Labute approximate surface area is 103 Å². The first-order valence-electron chi connectivity index (χ1n) is 5.19. The summed E-state index contributed by atoms with van der Waals surface area (Å²) in [7, 11) is 1.68. The third-order valence-corrected chi connectivity index (χ3v) is 3.09. The van der Waals surface area contributed by atoms with Crippen molar-refractivity contribution in [3.63, 3.8) is 0 Å². The number of rotatable bonds is 4. The number of halogens is 1. The summed E-state index contributed by atoms with van der Waals surface area (Å²) in [5.41, 5.74) is -0.107. The fourth-order valence-corrected chi connectivity index (χ4v) is 1.92. The van der Waals surface area contributed by atoms with Crippen LogP contribution in [0.4, 0.5) is 11.5 Å². The van der Waals surface area contributed by atoms with Crippen LogP contribution in [0.5, 0.6) is 0 Å². The van der Waals surface area contributed by atoms with Gasteiger partial charge in [0.2, 0.25) is 0 Å². The predicted molar refractivity (Wildman–Crippen MR) is 63.3 cm³/mol. The third-order valence-electron chi connectivity index (χ3n) is 2.81. The molecule has 1 aliphatic rings. The van der Waals surface area contributed by atoms with Gasteiger partial charge in [0.15, 0.2) is 0 Å². The van der Waals surface area contributed by atoms with Crippen molar-refractivity contribution in [1.82, 2.24) is 4.98 Å². The zero-order valence-corrected chi connectivity index (χ0v) is 9.98. The Balaban J connectivity index is 2.00. The highest BCUT2D eigenvalue weighted by molar-refractivity contribution is 6.33. The average Bonchev–Trinajstić information content (AvgIpc) is 2.24. The summed E-state index contributed by atoms with van der Waals surface area (Å²) in [4.78, 5) is 13.9. The van der Waals surface area contributed by atoms with Gasteiger partial charge in [-0.15, -0.1) is 0 Å². The molecule has 6 nitrogen and oxygen atoms in total. The lowest BCUT2D eigenvalue weighted by Crippen LogP contribution is -2.40. The van der Waals surface area contributed by atoms with E-state index in [2.05, 4.69) is 10.3 Å². The van der Waals surface area contributed by atoms with Crippen molar-refractivity contribution in [2.24, 2.45) is 0 Å². The highest BCUT2D eigenvalue weighted by Crippen LogP contribution is 2.29. The SMILES string of the molecule is COC1CC(Nc2ncc([N+](=O)[O-])cc2Cl)C1. The number of hydrogen-bond acceptors (Lipinski definition) is 5. The number of nitrogens with zero attached hydrogens (tertiary/aromatic N) is 2. The highest BCUT2D eigenvalue weighted by atomic mass is 35.5. The van der Waals surface area contributed by atoms with Gasteiger partial charge in [-0.25, -0.2) is 4.98 Å². The molecule has 0 bridgehead atoms. The number of pyridine rings is 1. The molecule has 2 rings (SSSR count). The fourth-order valence-electron chi connectivity index (χ4n) is 1.70. The van der Waals surface area contributed by atoms with Gasteiger partial charge in [0.05, 0.1) is 16.0 Å². The molecule has 1 aromatic heterocycles. The molecule has 1 N–H and O–H groups in total. The quantitative estimate of drug-likeness (QED) is 0.661. The Kier molecular flexibility index (Phi) is 3.44. The van der Waals surface area contributed by atoms with Gasteiger partial charge in [0, 0.05) is 19.2 Å². The number of methoxy groups -OCH3 is 1. The van der Waals surface area contributed by atoms with Crippen molar-refractivity contribution in [1.29, 1.82) is 0 Å². The van der Waals surface area contributed by atoms with Crippen LogP contribution in [-0.2, 0) is 4.74 Å².